The smallest absolute Gasteiger partial charge is 0.194 e. The van der Waals surface area contributed by atoms with Crippen LogP contribution in [-0.4, -0.2) is 12.3 Å². The van der Waals surface area contributed by atoms with Crippen molar-refractivity contribution in [2.75, 3.05) is 6.54 Å². The van der Waals surface area contributed by atoms with E-state index in [9.17, 15) is 4.79 Å². The summed E-state index contributed by atoms with van der Waals surface area (Å²) in [6, 6.07) is 13.6. The van der Waals surface area contributed by atoms with Gasteiger partial charge in [-0.25, -0.2) is 0 Å². The van der Waals surface area contributed by atoms with Gasteiger partial charge < -0.3 is 0 Å². The molecule has 0 saturated carbocycles. The Morgan fingerprint density at radius 1 is 1.05 bits per heavy atom. The third-order valence-electron chi connectivity index (χ3n) is 3.52. The van der Waals surface area contributed by atoms with Gasteiger partial charge in [-0.3, -0.25) is 4.79 Å². The number of rotatable bonds is 4. The van der Waals surface area contributed by atoms with Gasteiger partial charge in [-0.05, 0) is 34.7 Å². The minimum atomic E-state index is 0.0879. The summed E-state index contributed by atoms with van der Waals surface area (Å²) < 4.78 is 0. The molecule has 0 heterocycles. The van der Waals surface area contributed by atoms with Crippen molar-refractivity contribution in [3.63, 3.8) is 0 Å². The Labute approximate surface area is 122 Å². The fourth-order valence-electron chi connectivity index (χ4n) is 2.55. The fourth-order valence-corrected chi connectivity index (χ4v) is 2.55. The molecule has 0 bridgehead atoms. The largest absolute Gasteiger partial charge is 0.289 e. The maximum absolute atomic E-state index is 12.4. The highest BCUT2D eigenvalue weighted by molar-refractivity contribution is 6.21. The molecule has 21 heavy (non-hydrogen) atoms. The van der Waals surface area contributed by atoms with Crippen LogP contribution in [0.25, 0.3) is 27.6 Å². The Morgan fingerprint density at radius 3 is 2.62 bits per heavy atom. The SMILES string of the molecule is [N-]=[N+]=NCCC=Cc1ccc2c(c1)C(=O)c1ccccc1-2. The van der Waals surface area contributed by atoms with Crippen LogP contribution in [-0.2, 0) is 0 Å². The number of fused-ring (bicyclic) bond motifs is 3. The number of hydrogen-bond acceptors (Lipinski definition) is 2. The number of ketones is 1. The van der Waals surface area contributed by atoms with Gasteiger partial charge in [0.25, 0.3) is 0 Å². The van der Waals surface area contributed by atoms with E-state index in [0.29, 0.717) is 13.0 Å². The van der Waals surface area contributed by atoms with E-state index in [1.165, 1.54) is 0 Å². The third-order valence-corrected chi connectivity index (χ3v) is 3.52. The molecule has 3 rings (SSSR count). The summed E-state index contributed by atoms with van der Waals surface area (Å²) in [6.07, 6.45) is 4.59. The lowest BCUT2D eigenvalue weighted by Crippen LogP contribution is -1.94. The van der Waals surface area contributed by atoms with Crippen LogP contribution in [0.2, 0.25) is 0 Å². The molecule has 4 heteroatoms. The van der Waals surface area contributed by atoms with Crippen molar-refractivity contribution in [2.45, 2.75) is 6.42 Å². The van der Waals surface area contributed by atoms with Crippen molar-refractivity contribution in [2.24, 2.45) is 5.11 Å². The molecule has 2 aromatic rings. The van der Waals surface area contributed by atoms with Crippen LogP contribution in [0, 0.1) is 0 Å². The van der Waals surface area contributed by atoms with Crippen LogP contribution in [0.5, 0.6) is 0 Å². The summed E-state index contributed by atoms with van der Waals surface area (Å²) >= 11 is 0. The number of azide groups is 1. The molecule has 2 aromatic carbocycles. The molecular weight excluding hydrogens is 262 g/mol. The molecule has 4 nitrogen and oxygen atoms in total. The lowest BCUT2D eigenvalue weighted by atomic mass is 10.0. The molecule has 1 aliphatic carbocycles. The number of hydrogen-bond donors (Lipinski definition) is 0. The summed E-state index contributed by atoms with van der Waals surface area (Å²) in [5.74, 6) is 0.0879. The van der Waals surface area contributed by atoms with Crippen LogP contribution in [0.1, 0.15) is 27.9 Å². The third kappa shape index (κ3) is 2.45. The van der Waals surface area contributed by atoms with Gasteiger partial charge in [0, 0.05) is 22.6 Å². The van der Waals surface area contributed by atoms with Crippen LogP contribution in [0.4, 0.5) is 0 Å². The molecule has 0 fully saturated rings. The summed E-state index contributed by atoms with van der Waals surface area (Å²) in [5, 5.41) is 3.48. The second kappa shape index (κ2) is 5.65. The lowest BCUT2D eigenvalue weighted by molar-refractivity contribution is 0.104. The standard InChI is InChI=1S/C17H13N3O/c18-20-19-10-4-3-5-12-8-9-14-13-6-1-2-7-15(13)17(21)16(14)11-12/h1-3,5-9,11H,4,10H2. The Kier molecular flexibility index (Phi) is 3.54. The second-order valence-electron chi connectivity index (χ2n) is 4.83. The monoisotopic (exact) mass is 275 g/mol. The predicted molar refractivity (Wildman–Crippen MR) is 83.0 cm³/mol. The van der Waals surface area contributed by atoms with Crippen molar-refractivity contribution in [1.29, 1.82) is 0 Å². The number of benzene rings is 2. The van der Waals surface area contributed by atoms with E-state index >= 15 is 0 Å². The van der Waals surface area contributed by atoms with Gasteiger partial charge in [-0.1, -0.05) is 53.7 Å². The number of nitrogens with zero attached hydrogens (tertiary/aromatic N) is 3. The summed E-state index contributed by atoms with van der Waals surface area (Å²) in [5.41, 5.74) is 12.7. The zero-order chi connectivity index (χ0) is 14.7. The minimum absolute atomic E-state index is 0.0879. The maximum atomic E-state index is 12.4. The van der Waals surface area contributed by atoms with E-state index in [0.717, 1.165) is 27.8 Å². The van der Waals surface area contributed by atoms with E-state index in [2.05, 4.69) is 10.0 Å². The average molecular weight is 275 g/mol. The van der Waals surface area contributed by atoms with Gasteiger partial charge in [0.05, 0.1) is 0 Å². The first-order chi connectivity index (χ1) is 10.3. The van der Waals surface area contributed by atoms with Crippen LogP contribution >= 0.6 is 0 Å². The Morgan fingerprint density at radius 2 is 1.81 bits per heavy atom. The summed E-state index contributed by atoms with van der Waals surface area (Å²) in [4.78, 5) is 15.1. The molecule has 0 saturated heterocycles. The van der Waals surface area contributed by atoms with Gasteiger partial charge in [0.15, 0.2) is 5.78 Å². The molecule has 0 spiro atoms. The average Bonchev–Trinajstić information content (AvgIpc) is 2.81. The number of carbonyl (C=O) groups is 1. The Bertz CT molecular complexity index is 786. The highest BCUT2D eigenvalue weighted by Crippen LogP contribution is 2.36. The first kappa shape index (κ1) is 13.2. The molecular formula is C17H13N3O. The first-order valence-electron chi connectivity index (χ1n) is 6.77. The first-order valence-corrected chi connectivity index (χ1v) is 6.77. The fraction of sp³-hybridized carbons (Fsp3) is 0.118. The molecule has 0 radical (unpaired) electrons. The quantitative estimate of drug-likeness (QED) is 0.297. The molecule has 0 unspecified atom stereocenters. The van der Waals surface area contributed by atoms with E-state index in [1.807, 2.05) is 54.6 Å². The molecule has 0 aromatic heterocycles. The van der Waals surface area contributed by atoms with Crippen LogP contribution < -0.4 is 0 Å². The molecule has 1 aliphatic rings. The molecule has 0 N–H and O–H groups in total. The molecule has 0 atom stereocenters. The zero-order valence-electron chi connectivity index (χ0n) is 11.4. The molecule has 0 amide bonds. The van der Waals surface area contributed by atoms with Gasteiger partial charge in [0.2, 0.25) is 0 Å². The normalized spacial score (nSPS) is 12.1. The minimum Gasteiger partial charge on any atom is -0.289 e. The van der Waals surface area contributed by atoms with Gasteiger partial charge >= 0.3 is 0 Å². The van der Waals surface area contributed by atoms with E-state index < -0.39 is 0 Å². The lowest BCUT2D eigenvalue weighted by Gasteiger charge is -2.00. The van der Waals surface area contributed by atoms with Gasteiger partial charge in [0.1, 0.15) is 0 Å². The topological polar surface area (TPSA) is 65.8 Å². The van der Waals surface area contributed by atoms with Crippen molar-refractivity contribution >= 4 is 11.9 Å². The van der Waals surface area contributed by atoms with Crippen LogP contribution in [0.15, 0.2) is 53.7 Å². The van der Waals surface area contributed by atoms with E-state index in [4.69, 9.17) is 5.53 Å². The molecule has 102 valence electrons. The maximum Gasteiger partial charge on any atom is 0.194 e. The summed E-state index contributed by atoms with van der Waals surface area (Å²) in [7, 11) is 0. The summed E-state index contributed by atoms with van der Waals surface area (Å²) in [6.45, 7) is 0.447. The van der Waals surface area contributed by atoms with E-state index in [1.54, 1.807) is 0 Å². The zero-order valence-corrected chi connectivity index (χ0v) is 11.4. The van der Waals surface area contributed by atoms with E-state index in [-0.39, 0.29) is 5.78 Å². The van der Waals surface area contributed by atoms with Crippen molar-refractivity contribution in [3.8, 4) is 11.1 Å². The van der Waals surface area contributed by atoms with Gasteiger partial charge in [-0.15, -0.1) is 0 Å². The second-order valence-corrected chi connectivity index (χ2v) is 4.83. The Balaban J connectivity index is 1.87. The molecule has 0 aliphatic heterocycles. The van der Waals surface area contributed by atoms with Crippen molar-refractivity contribution in [1.82, 2.24) is 0 Å². The Hall–Kier alpha value is -2.84. The number of carbonyl (C=O) groups excluding carboxylic acids is 1. The van der Waals surface area contributed by atoms with Crippen molar-refractivity contribution in [3.05, 3.63) is 75.7 Å². The van der Waals surface area contributed by atoms with Crippen LogP contribution in [0.3, 0.4) is 0 Å². The highest BCUT2D eigenvalue weighted by atomic mass is 16.1. The van der Waals surface area contributed by atoms with Gasteiger partial charge in [-0.2, -0.15) is 0 Å². The van der Waals surface area contributed by atoms with Crippen molar-refractivity contribution < 1.29 is 4.79 Å². The predicted octanol–water partition coefficient (Wildman–Crippen LogP) is 4.61. The highest BCUT2D eigenvalue weighted by Gasteiger charge is 2.25.